The van der Waals surface area contributed by atoms with Gasteiger partial charge in [0.1, 0.15) is 5.58 Å². The molecule has 0 unspecified atom stereocenters. The average Bonchev–Trinajstić information content (AvgIpc) is 3.44. The average molecular weight is 840 g/mol. The molecule has 4 aromatic carbocycles. The second kappa shape index (κ2) is 14.7. The van der Waals surface area contributed by atoms with Gasteiger partial charge >= 0.3 is 99.8 Å². The van der Waals surface area contributed by atoms with Crippen molar-refractivity contribution in [2.75, 3.05) is 0 Å². The number of pyridine rings is 2. The first kappa shape index (κ1) is 33.5. The molecule has 0 amide bonds. The fourth-order valence-electron chi connectivity index (χ4n) is 5.53. The third-order valence-corrected chi connectivity index (χ3v) is 12.1. The molecule has 3 aromatic heterocycles. The minimum atomic E-state index is -1.72. The van der Waals surface area contributed by atoms with E-state index in [2.05, 4.69) is 120 Å². The van der Waals surface area contributed by atoms with Gasteiger partial charge in [0, 0.05) is 26.3 Å². The fraction of sp³-hybridized carbons (Fsp3) is 0.171. The molecule has 7 aromatic rings. The Bertz CT molecular complexity index is 2030. The van der Waals surface area contributed by atoms with E-state index in [0.717, 1.165) is 62.0 Å². The summed E-state index contributed by atoms with van der Waals surface area (Å²) in [7, 11) is 0. The summed E-state index contributed by atoms with van der Waals surface area (Å²) in [5, 5.41) is 2.22. The molecule has 0 aliphatic heterocycles. The molecule has 5 heteroatoms. The van der Waals surface area contributed by atoms with Crippen LogP contribution in [0, 0.1) is 18.1 Å². The predicted molar refractivity (Wildman–Crippen MR) is 191 cm³/mol. The number of rotatable bonds is 6. The van der Waals surface area contributed by atoms with Gasteiger partial charge in [-0.2, -0.15) is 0 Å². The van der Waals surface area contributed by atoms with Crippen LogP contribution >= 0.6 is 0 Å². The smallest absolute Gasteiger partial charge is 0 e. The van der Waals surface area contributed by atoms with Gasteiger partial charge in [-0.25, -0.2) is 0 Å². The summed E-state index contributed by atoms with van der Waals surface area (Å²) in [5.74, 6) is 7.74. The van der Waals surface area contributed by atoms with Crippen molar-refractivity contribution in [3.63, 3.8) is 0 Å². The predicted octanol–water partition coefficient (Wildman–Crippen LogP) is 10.4. The Labute approximate surface area is 288 Å². The number of furan rings is 1. The minimum Gasteiger partial charge on any atom is 0 e. The van der Waals surface area contributed by atoms with Crippen LogP contribution in [-0.4, -0.2) is 23.2 Å². The first-order valence-corrected chi connectivity index (χ1v) is 22.9. The Balaban J connectivity index is 0.000000209. The molecule has 0 saturated heterocycles. The number of hydrogen-bond acceptors (Lipinski definition) is 3. The Kier molecular flexibility index (Phi) is 10.7. The van der Waals surface area contributed by atoms with Gasteiger partial charge in [-0.1, -0.05) is 85.6 Å². The number of benzene rings is 4. The van der Waals surface area contributed by atoms with E-state index in [0.29, 0.717) is 5.92 Å². The molecule has 233 valence electrons. The van der Waals surface area contributed by atoms with Crippen molar-refractivity contribution in [3.05, 3.63) is 139 Å². The van der Waals surface area contributed by atoms with Crippen LogP contribution in [0.2, 0.25) is 17.3 Å². The van der Waals surface area contributed by atoms with E-state index in [9.17, 15) is 0 Å². The van der Waals surface area contributed by atoms with Crippen LogP contribution in [0.3, 0.4) is 0 Å². The van der Waals surface area contributed by atoms with E-state index in [4.69, 9.17) is 4.42 Å². The van der Waals surface area contributed by atoms with E-state index < -0.39 is 13.3 Å². The van der Waals surface area contributed by atoms with E-state index >= 15 is 0 Å². The molecule has 3 heterocycles. The number of nitrogens with zero attached hydrogens (tertiary/aromatic N) is 2. The maximum atomic E-state index is 6.19. The second-order valence-electron chi connectivity index (χ2n) is 12.9. The van der Waals surface area contributed by atoms with Gasteiger partial charge in [0.25, 0.3) is 0 Å². The standard InChI is InChI=1S/C27H22NO.C14H16GeN.Ir/c1-18(2)14-19-12-13-28-24(15-19)21-16-23(20-8-4-3-5-9-20)27-22-10-6-7-11-25(22)29-26(27)17-21;1-15(2,3)13-9-10-14(16-11-13)12-7-5-4-6-8-12;/h3-13,15-16,18H,14H2,1-2H3;4-7,9-11H,1-3H3;/q2*-1;. The largest absolute Gasteiger partial charge is 0 e. The topological polar surface area (TPSA) is 38.9 Å². The van der Waals surface area contributed by atoms with Gasteiger partial charge in [-0.3, -0.25) is 0 Å². The fourth-order valence-corrected chi connectivity index (χ4v) is 7.70. The van der Waals surface area contributed by atoms with E-state index in [1.54, 1.807) is 0 Å². The maximum Gasteiger partial charge on any atom is 0 e. The van der Waals surface area contributed by atoms with E-state index in [-0.39, 0.29) is 20.1 Å². The number of fused-ring (bicyclic) bond motifs is 3. The summed E-state index contributed by atoms with van der Waals surface area (Å²) < 4.78 is 7.63. The number of hydrogen-bond donors (Lipinski definition) is 0. The molecule has 0 saturated carbocycles. The molecule has 7 rings (SSSR count). The van der Waals surface area contributed by atoms with E-state index in [1.165, 1.54) is 9.96 Å². The quantitative estimate of drug-likeness (QED) is 0.124. The first-order valence-electron chi connectivity index (χ1n) is 15.6. The SMILES string of the molecule is CC(C)Cc1ccnc(-c2[c-]c3oc4ccccc4c3c(-c3ccccc3)c2)c1.[CH3][Ge]([CH3])([CH3])[c]1ccc(-c2[c-]cccc2)nc1.[Ir]. The van der Waals surface area contributed by atoms with Crippen molar-refractivity contribution < 1.29 is 24.5 Å². The number of para-hydroxylation sites is 1. The van der Waals surface area contributed by atoms with Crippen LogP contribution in [0.15, 0.2) is 126 Å². The normalized spacial score (nSPS) is 11.3. The molecule has 46 heavy (non-hydrogen) atoms. The summed E-state index contributed by atoms with van der Waals surface area (Å²) in [5.41, 5.74) is 9.24. The number of aromatic nitrogens is 2. The third kappa shape index (κ3) is 7.75. The summed E-state index contributed by atoms with van der Waals surface area (Å²) in [6.07, 6.45) is 4.97. The third-order valence-electron chi connectivity index (χ3n) is 7.85. The molecular formula is C41H38GeIrN2O-2. The summed E-state index contributed by atoms with van der Waals surface area (Å²) in [6.45, 7) is 4.47. The van der Waals surface area contributed by atoms with Crippen molar-refractivity contribution in [1.82, 2.24) is 9.97 Å². The first-order chi connectivity index (χ1) is 21.8. The molecule has 0 aliphatic rings. The van der Waals surface area contributed by atoms with Crippen molar-refractivity contribution in [2.45, 2.75) is 37.5 Å². The van der Waals surface area contributed by atoms with Crippen molar-refractivity contribution >= 4 is 39.6 Å². The summed E-state index contributed by atoms with van der Waals surface area (Å²) >= 11 is -1.72. The maximum absolute atomic E-state index is 6.19. The van der Waals surface area contributed by atoms with Gasteiger partial charge < -0.3 is 9.40 Å². The Morgan fingerprint density at radius 1 is 0.761 bits per heavy atom. The van der Waals surface area contributed by atoms with Crippen LogP contribution < -0.4 is 4.40 Å². The Morgan fingerprint density at radius 2 is 1.52 bits per heavy atom. The molecule has 0 fully saturated rings. The molecule has 0 atom stereocenters. The van der Waals surface area contributed by atoms with Crippen LogP contribution in [-0.2, 0) is 26.5 Å². The zero-order valence-electron chi connectivity index (χ0n) is 27.0. The molecular weight excluding hydrogens is 801 g/mol. The Morgan fingerprint density at radius 3 is 2.22 bits per heavy atom. The van der Waals surface area contributed by atoms with Crippen molar-refractivity contribution in [3.8, 4) is 33.6 Å². The summed E-state index contributed by atoms with van der Waals surface area (Å²) in [6, 6.07) is 44.1. The van der Waals surface area contributed by atoms with Crippen LogP contribution in [0.1, 0.15) is 19.4 Å². The molecule has 1 radical (unpaired) electrons. The van der Waals surface area contributed by atoms with Crippen LogP contribution in [0.5, 0.6) is 0 Å². The zero-order valence-corrected chi connectivity index (χ0v) is 31.5. The summed E-state index contributed by atoms with van der Waals surface area (Å²) in [4.78, 5) is 9.17. The monoisotopic (exact) mass is 841 g/mol. The second-order valence-corrected chi connectivity index (χ2v) is 23.5. The van der Waals surface area contributed by atoms with Crippen molar-refractivity contribution in [1.29, 1.82) is 0 Å². The van der Waals surface area contributed by atoms with E-state index in [1.807, 2.05) is 54.9 Å². The molecule has 0 spiro atoms. The molecule has 0 N–H and O–H groups in total. The molecule has 0 aliphatic carbocycles. The molecule has 3 nitrogen and oxygen atoms in total. The van der Waals surface area contributed by atoms with Gasteiger partial charge in [-0.05, 0) is 46.5 Å². The zero-order chi connectivity index (χ0) is 31.4. The minimum absolute atomic E-state index is 0. The van der Waals surface area contributed by atoms with Gasteiger partial charge in [0.2, 0.25) is 0 Å². The van der Waals surface area contributed by atoms with Crippen molar-refractivity contribution in [2.24, 2.45) is 5.92 Å². The van der Waals surface area contributed by atoms with Crippen LogP contribution in [0.25, 0.3) is 55.6 Å². The van der Waals surface area contributed by atoms with Gasteiger partial charge in [0.15, 0.2) is 0 Å². The Hall–Kier alpha value is -3.83. The molecule has 0 bridgehead atoms. The van der Waals surface area contributed by atoms with Gasteiger partial charge in [0.05, 0.1) is 5.58 Å². The van der Waals surface area contributed by atoms with Crippen LogP contribution in [0.4, 0.5) is 0 Å². The van der Waals surface area contributed by atoms with Gasteiger partial charge in [-0.15, -0.1) is 11.6 Å².